The molecule has 1 aliphatic heterocycles. The van der Waals surface area contributed by atoms with E-state index in [1.165, 1.54) is 0 Å². The molecule has 3 unspecified atom stereocenters. The number of aliphatic carboxylic acids is 1. The van der Waals surface area contributed by atoms with Gasteiger partial charge in [0.2, 0.25) is 0 Å². The molecule has 1 heterocycles. The molecule has 0 saturated carbocycles. The van der Waals surface area contributed by atoms with E-state index >= 15 is 0 Å². The highest BCUT2D eigenvalue weighted by Crippen LogP contribution is 2.19. The quantitative estimate of drug-likeness (QED) is 0.697. The van der Waals surface area contributed by atoms with Crippen molar-refractivity contribution in [2.24, 2.45) is 5.92 Å². The summed E-state index contributed by atoms with van der Waals surface area (Å²) in [5.41, 5.74) is 0. The number of nitrogens with one attached hydrogen (secondary N) is 1. The summed E-state index contributed by atoms with van der Waals surface area (Å²) in [6.07, 6.45) is 0.802. The minimum atomic E-state index is -0.857. The van der Waals surface area contributed by atoms with Gasteiger partial charge in [-0.2, -0.15) is 0 Å². The second-order valence-electron chi connectivity index (χ2n) is 4.88. The van der Waals surface area contributed by atoms with Gasteiger partial charge in [-0.1, -0.05) is 13.8 Å². The summed E-state index contributed by atoms with van der Waals surface area (Å²) in [6, 6.07) is 0.285. The molecule has 1 fully saturated rings. The molecule has 1 aliphatic rings. The molecule has 17 heavy (non-hydrogen) atoms. The van der Waals surface area contributed by atoms with E-state index < -0.39 is 12.1 Å². The van der Waals surface area contributed by atoms with E-state index in [1.807, 2.05) is 0 Å². The van der Waals surface area contributed by atoms with Crippen LogP contribution >= 0.6 is 0 Å². The van der Waals surface area contributed by atoms with Crippen molar-refractivity contribution in [3.05, 3.63) is 0 Å². The fourth-order valence-electron chi connectivity index (χ4n) is 1.99. The molecule has 0 aromatic carbocycles. The maximum atomic E-state index is 10.7. The van der Waals surface area contributed by atoms with E-state index in [2.05, 4.69) is 19.2 Å². The largest absolute Gasteiger partial charge is 0.479 e. The number of hydrogen-bond acceptors (Lipinski definition) is 4. The molecule has 0 bridgehead atoms. The van der Waals surface area contributed by atoms with Gasteiger partial charge in [-0.15, -0.1) is 0 Å². The molecule has 0 aromatic rings. The van der Waals surface area contributed by atoms with Crippen LogP contribution in [0.1, 0.15) is 26.7 Å². The van der Waals surface area contributed by atoms with Gasteiger partial charge in [-0.25, -0.2) is 4.79 Å². The van der Waals surface area contributed by atoms with Gasteiger partial charge in [-0.3, -0.25) is 0 Å². The van der Waals surface area contributed by atoms with Crippen molar-refractivity contribution in [3.8, 4) is 0 Å². The van der Waals surface area contributed by atoms with Crippen molar-refractivity contribution in [1.29, 1.82) is 0 Å². The van der Waals surface area contributed by atoms with Crippen molar-refractivity contribution in [2.45, 2.75) is 44.9 Å². The first-order valence-electron chi connectivity index (χ1n) is 6.15. The van der Waals surface area contributed by atoms with Crippen LogP contribution in [-0.4, -0.2) is 49.6 Å². The van der Waals surface area contributed by atoms with E-state index in [4.69, 9.17) is 14.6 Å². The summed E-state index contributed by atoms with van der Waals surface area (Å²) in [7, 11) is 1.68. The van der Waals surface area contributed by atoms with Gasteiger partial charge in [-0.05, 0) is 18.8 Å². The van der Waals surface area contributed by atoms with Crippen LogP contribution < -0.4 is 5.32 Å². The van der Waals surface area contributed by atoms with E-state index in [9.17, 15) is 4.79 Å². The second kappa shape index (κ2) is 6.93. The summed E-state index contributed by atoms with van der Waals surface area (Å²) in [6.45, 7) is 5.61. The Balaban J connectivity index is 2.28. The molecule has 0 aromatic heterocycles. The number of methoxy groups -OCH3 is 1. The highest BCUT2D eigenvalue weighted by atomic mass is 16.5. The van der Waals surface area contributed by atoms with Crippen molar-refractivity contribution in [1.82, 2.24) is 5.32 Å². The van der Waals surface area contributed by atoms with Gasteiger partial charge >= 0.3 is 5.97 Å². The van der Waals surface area contributed by atoms with Gasteiger partial charge in [0.15, 0.2) is 6.10 Å². The van der Waals surface area contributed by atoms with E-state index in [0.29, 0.717) is 25.5 Å². The Morgan fingerprint density at radius 3 is 2.71 bits per heavy atom. The third-order valence-electron chi connectivity index (χ3n) is 3.14. The van der Waals surface area contributed by atoms with Crippen LogP contribution in [0, 0.1) is 5.92 Å². The smallest absolute Gasteiger partial charge is 0.332 e. The summed E-state index contributed by atoms with van der Waals surface area (Å²) < 4.78 is 10.6. The summed E-state index contributed by atoms with van der Waals surface area (Å²) in [5.74, 6) is -0.378. The van der Waals surface area contributed by atoms with Crippen molar-refractivity contribution >= 4 is 5.97 Å². The molecule has 0 radical (unpaired) electrons. The average molecular weight is 245 g/mol. The Bertz CT molecular complexity index is 245. The molecular formula is C12H23NO4. The van der Waals surface area contributed by atoms with Crippen LogP contribution in [-0.2, 0) is 14.3 Å². The number of hydrogen-bond donors (Lipinski definition) is 2. The summed E-state index contributed by atoms with van der Waals surface area (Å²) >= 11 is 0. The molecule has 0 aliphatic carbocycles. The van der Waals surface area contributed by atoms with Crippen molar-refractivity contribution in [2.75, 3.05) is 20.3 Å². The molecule has 1 rings (SSSR count). The minimum absolute atomic E-state index is 0.00852. The number of ether oxygens (including phenoxy) is 2. The van der Waals surface area contributed by atoms with Gasteiger partial charge < -0.3 is 19.9 Å². The third kappa shape index (κ3) is 4.61. The number of carbonyl (C=O) groups is 1. The molecule has 0 amide bonds. The van der Waals surface area contributed by atoms with Crippen LogP contribution in [0.25, 0.3) is 0 Å². The first-order chi connectivity index (χ1) is 8.04. The summed E-state index contributed by atoms with van der Waals surface area (Å²) in [4.78, 5) is 10.7. The number of rotatable bonds is 7. The Morgan fingerprint density at radius 1 is 1.53 bits per heavy atom. The highest BCUT2D eigenvalue weighted by Gasteiger charge is 2.30. The zero-order valence-corrected chi connectivity index (χ0v) is 10.8. The zero-order chi connectivity index (χ0) is 12.8. The zero-order valence-electron chi connectivity index (χ0n) is 10.8. The lowest BCUT2D eigenvalue weighted by atomic mass is 10.1. The number of carboxylic acids is 1. The first-order valence-corrected chi connectivity index (χ1v) is 6.15. The molecule has 100 valence electrons. The Labute approximate surface area is 102 Å². The predicted octanol–water partition coefficient (Wildman–Crippen LogP) is 0.879. The lowest BCUT2D eigenvalue weighted by Gasteiger charge is -2.23. The molecule has 1 saturated heterocycles. The molecular weight excluding hydrogens is 222 g/mol. The lowest BCUT2D eigenvalue weighted by molar-refractivity contribution is -0.149. The fraction of sp³-hybridized carbons (Fsp3) is 0.917. The first kappa shape index (κ1) is 14.4. The monoisotopic (exact) mass is 245 g/mol. The lowest BCUT2D eigenvalue weighted by Crippen LogP contribution is -2.42. The van der Waals surface area contributed by atoms with Crippen LogP contribution in [0.4, 0.5) is 0 Å². The van der Waals surface area contributed by atoms with E-state index in [0.717, 1.165) is 6.42 Å². The number of carboxylic acid groups (broad SMARTS) is 1. The minimum Gasteiger partial charge on any atom is -0.479 e. The predicted molar refractivity (Wildman–Crippen MR) is 64.0 cm³/mol. The standard InChI is InChI=1S/C12H23NO4/c1-8(2)10(7-16-3)13-6-9-4-5-11(17-9)12(14)15/h8-11,13H,4-7H2,1-3H3,(H,14,15). The third-order valence-corrected chi connectivity index (χ3v) is 3.14. The van der Waals surface area contributed by atoms with E-state index in [1.54, 1.807) is 7.11 Å². The molecule has 5 nitrogen and oxygen atoms in total. The van der Waals surface area contributed by atoms with Gasteiger partial charge in [0.25, 0.3) is 0 Å². The van der Waals surface area contributed by atoms with Crippen LogP contribution in [0.15, 0.2) is 0 Å². The molecule has 5 heteroatoms. The van der Waals surface area contributed by atoms with Gasteiger partial charge in [0, 0.05) is 19.7 Å². The Kier molecular flexibility index (Phi) is 5.88. The van der Waals surface area contributed by atoms with Gasteiger partial charge in [0.05, 0.1) is 12.7 Å². The van der Waals surface area contributed by atoms with Gasteiger partial charge in [0.1, 0.15) is 0 Å². The van der Waals surface area contributed by atoms with Crippen molar-refractivity contribution < 1.29 is 19.4 Å². The second-order valence-corrected chi connectivity index (χ2v) is 4.88. The van der Waals surface area contributed by atoms with Crippen LogP contribution in [0.2, 0.25) is 0 Å². The summed E-state index contributed by atoms with van der Waals surface area (Å²) in [5, 5.41) is 12.2. The van der Waals surface area contributed by atoms with Crippen LogP contribution in [0.5, 0.6) is 0 Å². The SMILES string of the molecule is COCC(NCC1CCC(C(=O)O)O1)C(C)C. The van der Waals surface area contributed by atoms with E-state index in [-0.39, 0.29) is 12.1 Å². The Hall–Kier alpha value is -0.650. The molecule has 0 spiro atoms. The van der Waals surface area contributed by atoms with Crippen LogP contribution in [0.3, 0.4) is 0 Å². The maximum Gasteiger partial charge on any atom is 0.332 e. The normalized spacial score (nSPS) is 26.4. The maximum absolute atomic E-state index is 10.7. The fourth-order valence-corrected chi connectivity index (χ4v) is 1.99. The highest BCUT2D eigenvalue weighted by molar-refractivity contribution is 5.72. The molecule has 3 atom stereocenters. The average Bonchev–Trinajstić information content (AvgIpc) is 2.72. The topological polar surface area (TPSA) is 67.8 Å². The molecule has 2 N–H and O–H groups in total. The Morgan fingerprint density at radius 2 is 2.24 bits per heavy atom. The van der Waals surface area contributed by atoms with Crippen molar-refractivity contribution in [3.63, 3.8) is 0 Å².